The van der Waals surface area contributed by atoms with Gasteiger partial charge in [-0.1, -0.05) is 19.1 Å². The maximum absolute atomic E-state index is 12.1. The van der Waals surface area contributed by atoms with Crippen LogP contribution in [0.15, 0.2) is 24.3 Å². The first kappa shape index (κ1) is 12.8. The second kappa shape index (κ2) is 4.90. The molecule has 1 aliphatic heterocycles. The van der Waals surface area contributed by atoms with Gasteiger partial charge in [-0.25, -0.2) is 0 Å². The van der Waals surface area contributed by atoms with Gasteiger partial charge in [-0.2, -0.15) is 0 Å². The number of rotatable bonds is 4. The van der Waals surface area contributed by atoms with E-state index in [1.807, 2.05) is 21.0 Å². The largest absolute Gasteiger partial charge is 0.309 e. The van der Waals surface area contributed by atoms with Crippen LogP contribution in [0.5, 0.6) is 0 Å². The molecule has 2 amide bonds. The van der Waals surface area contributed by atoms with Crippen LogP contribution in [0.25, 0.3) is 0 Å². The van der Waals surface area contributed by atoms with Gasteiger partial charge in [0.05, 0.1) is 11.1 Å². The Morgan fingerprint density at radius 2 is 1.61 bits per heavy atom. The van der Waals surface area contributed by atoms with Gasteiger partial charge in [-0.3, -0.25) is 14.5 Å². The van der Waals surface area contributed by atoms with Gasteiger partial charge in [0.15, 0.2) is 0 Å². The predicted octanol–water partition coefficient (Wildman–Crippen LogP) is 1.48. The summed E-state index contributed by atoms with van der Waals surface area (Å²) in [6, 6.07) is 7.01. The van der Waals surface area contributed by atoms with Crippen molar-refractivity contribution in [3.05, 3.63) is 35.4 Å². The molecule has 1 aliphatic rings. The van der Waals surface area contributed by atoms with Crippen LogP contribution in [-0.4, -0.2) is 48.8 Å². The van der Waals surface area contributed by atoms with E-state index in [1.165, 1.54) is 4.90 Å². The van der Waals surface area contributed by atoms with Crippen LogP contribution in [0.3, 0.4) is 0 Å². The Morgan fingerprint density at radius 1 is 1.11 bits per heavy atom. The smallest absolute Gasteiger partial charge is 0.261 e. The van der Waals surface area contributed by atoms with Crippen LogP contribution in [0.2, 0.25) is 0 Å². The second-order valence-corrected chi connectivity index (χ2v) is 5.13. The van der Waals surface area contributed by atoms with Crippen LogP contribution in [0.1, 0.15) is 27.6 Å². The summed E-state index contributed by atoms with van der Waals surface area (Å²) in [5.74, 6) is -0.0652. The number of carbonyl (C=O) groups excluding carboxylic acids is 2. The third-order valence-electron chi connectivity index (χ3n) is 3.05. The SMILES string of the molecule is CC(CN(C)C)CN1C(=O)c2ccccc2C1=O. The average Bonchev–Trinajstić information content (AvgIpc) is 2.54. The number of imide groups is 1. The lowest BCUT2D eigenvalue weighted by atomic mass is 10.1. The molecule has 0 radical (unpaired) electrons. The van der Waals surface area contributed by atoms with Crippen LogP contribution in [0, 0.1) is 5.92 Å². The first-order valence-electron chi connectivity index (χ1n) is 6.10. The molecule has 4 heteroatoms. The van der Waals surface area contributed by atoms with Crippen molar-refractivity contribution in [1.29, 1.82) is 0 Å². The van der Waals surface area contributed by atoms with Crippen molar-refractivity contribution >= 4 is 11.8 Å². The predicted molar refractivity (Wildman–Crippen MR) is 69.5 cm³/mol. The Bertz CT molecular complexity index is 447. The molecule has 0 saturated carbocycles. The fraction of sp³-hybridized carbons (Fsp3) is 0.429. The summed E-state index contributed by atoms with van der Waals surface area (Å²) in [7, 11) is 3.97. The number of benzene rings is 1. The molecule has 0 aliphatic carbocycles. The highest BCUT2D eigenvalue weighted by Gasteiger charge is 2.35. The third kappa shape index (κ3) is 2.29. The van der Waals surface area contributed by atoms with Crippen LogP contribution < -0.4 is 0 Å². The zero-order chi connectivity index (χ0) is 13.3. The molecule has 96 valence electrons. The molecule has 1 atom stereocenters. The minimum atomic E-state index is -0.166. The Balaban J connectivity index is 2.14. The fourth-order valence-electron chi connectivity index (χ4n) is 2.40. The summed E-state index contributed by atoms with van der Waals surface area (Å²) in [6.07, 6.45) is 0. The third-order valence-corrected chi connectivity index (χ3v) is 3.05. The number of hydrogen-bond acceptors (Lipinski definition) is 3. The first-order chi connectivity index (χ1) is 8.50. The number of hydrogen-bond donors (Lipinski definition) is 0. The van der Waals surface area contributed by atoms with Gasteiger partial charge in [0.1, 0.15) is 0 Å². The minimum absolute atomic E-state index is 0.166. The van der Waals surface area contributed by atoms with Crippen molar-refractivity contribution < 1.29 is 9.59 Å². The van der Waals surface area contributed by atoms with Gasteiger partial charge in [0.25, 0.3) is 11.8 Å². The lowest BCUT2D eigenvalue weighted by molar-refractivity contribution is 0.0625. The quantitative estimate of drug-likeness (QED) is 0.756. The summed E-state index contributed by atoms with van der Waals surface area (Å²) in [5, 5.41) is 0. The van der Waals surface area contributed by atoms with Crippen molar-refractivity contribution in [2.45, 2.75) is 6.92 Å². The molecule has 0 fully saturated rings. The van der Waals surface area contributed by atoms with E-state index >= 15 is 0 Å². The maximum Gasteiger partial charge on any atom is 0.261 e. The molecule has 1 unspecified atom stereocenters. The van der Waals surface area contributed by atoms with E-state index in [-0.39, 0.29) is 17.7 Å². The van der Waals surface area contributed by atoms with Crippen LogP contribution >= 0.6 is 0 Å². The minimum Gasteiger partial charge on any atom is -0.309 e. The molecule has 0 N–H and O–H groups in total. The molecule has 0 spiro atoms. The van der Waals surface area contributed by atoms with Gasteiger partial charge in [0, 0.05) is 13.1 Å². The lowest BCUT2D eigenvalue weighted by Crippen LogP contribution is -2.36. The Kier molecular flexibility index (Phi) is 3.48. The molecule has 2 rings (SSSR count). The molecular formula is C14H18N2O2. The van der Waals surface area contributed by atoms with E-state index in [2.05, 4.69) is 4.90 Å². The van der Waals surface area contributed by atoms with E-state index in [0.717, 1.165) is 6.54 Å². The Morgan fingerprint density at radius 3 is 2.06 bits per heavy atom. The number of amides is 2. The average molecular weight is 246 g/mol. The van der Waals surface area contributed by atoms with E-state index in [1.54, 1.807) is 24.3 Å². The van der Waals surface area contributed by atoms with Crippen LogP contribution in [-0.2, 0) is 0 Å². The molecule has 0 saturated heterocycles. The van der Waals surface area contributed by atoms with Crippen molar-refractivity contribution in [3.63, 3.8) is 0 Å². The summed E-state index contributed by atoms with van der Waals surface area (Å²) in [6.45, 7) is 3.38. The number of carbonyl (C=O) groups is 2. The molecular weight excluding hydrogens is 228 g/mol. The molecule has 18 heavy (non-hydrogen) atoms. The zero-order valence-electron chi connectivity index (χ0n) is 11.0. The maximum atomic E-state index is 12.1. The molecule has 1 aromatic rings. The monoisotopic (exact) mass is 246 g/mol. The summed E-state index contributed by atoms with van der Waals surface area (Å²) in [5.41, 5.74) is 1.05. The number of fused-ring (bicyclic) bond motifs is 1. The van der Waals surface area contributed by atoms with E-state index in [9.17, 15) is 9.59 Å². The van der Waals surface area contributed by atoms with Crippen molar-refractivity contribution in [2.24, 2.45) is 5.92 Å². The highest BCUT2D eigenvalue weighted by molar-refractivity contribution is 6.21. The van der Waals surface area contributed by atoms with E-state index in [4.69, 9.17) is 0 Å². The summed E-state index contributed by atoms with van der Waals surface area (Å²) in [4.78, 5) is 27.7. The van der Waals surface area contributed by atoms with Gasteiger partial charge in [-0.05, 0) is 32.1 Å². The highest BCUT2D eigenvalue weighted by atomic mass is 16.2. The molecule has 0 bridgehead atoms. The topological polar surface area (TPSA) is 40.6 Å². The van der Waals surface area contributed by atoms with E-state index < -0.39 is 0 Å². The molecule has 4 nitrogen and oxygen atoms in total. The summed E-state index contributed by atoms with van der Waals surface area (Å²) >= 11 is 0. The normalized spacial score (nSPS) is 16.3. The first-order valence-corrected chi connectivity index (χ1v) is 6.10. The zero-order valence-corrected chi connectivity index (χ0v) is 11.0. The van der Waals surface area contributed by atoms with Crippen LogP contribution in [0.4, 0.5) is 0 Å². The second-order valence-electron chi connectivity index (χ2n) is 5.13. The lowest BCUT2D eigenvalue weighted by Gasteiger charge is -2.21. The Hall–Kier alpha value is -1.68. The fourth-order valence-corrected chi connectivity index (χ4v) is 2.40. The molecule has 1 aromatic carbocycles. The molecule has 1 heterocycles. The highest BCUT2D eigenvalue weighted by Crippen LogP contribution is 2.23. The van der Waals surface area contributed by atoms with Gasteiger partial charge in [-0.15, -0.1) is 0 Å². The molecule has 0 aromatic heterocycles. The Labute approximate surface area is 107 Å². The summed E-state index contributed by atoms with van der Waals surface area (Å²) < 4.78 is 0. The van der Waals surface area contributed by atoms with E-state index in [0.29, 0.717) is 17.7 Å². The van der Waals surface area contributed by atoms with Crippen molar-refractivity contribution in [2.75, 3.05) is 27.2 Å². The van der Waals surface area contributed by atoms with Crippen molar-refractivity contribution in [1.82, 2.24) is 9.80 Å². The van der Waals surface area contributed by atoms with Gasteiger partial charge in [0.2, 0.25) is 0 Å². The van der Waals surface area contributed by atoms with Gasteiger partial charge < -0.3 is 4.90 Å². The standard InChI is InChI=1S/C14H18N2O2/c1-10(8-15(2)3)9-16-13(17)11-6-4-5-7-12(11)14(16)18/h4-7,10H,8-9H2,1-3H3. The number of nitrogens with zero attached hydrogens (tertiary/aromatic N) is 2. The van der Waals surface area contributed by atoms with Crippen molar-refractivity contribution in [3.8, 4) is 0 Å². The van der Waals surface area contributed by atoms with Gasteiger partial charge >= 0.3 is 0 Å².